The van der Waals surface area contributed by atoms with Gasteiger partial charge in [-0.25, -0.2) is 4.79 Å². The first kappa shape index (κ1) is 19.1. The minimum Gasteiger partial charge on any atom is -0.480 e. The van der Waals surface area contributed by atoms with Gasteiger partial charge in [0.1, 0.15) is 12.1 Å². The Kier molecular flexibility index (Phi) is 10.3. The van der Waals surface area contributed by atoms with Gasteiger partial charge in [-0.05, 0) is 36.9 Å². The number of rotatable bonds is 7. The lowest BCUT2D eigenvalue weighted by Crippen LogP contribution is -2.30. The van der Waals surface area contributed by atoms with Crippen molar-refractivity contribution in [3.05, 3.63) is 0 Å². The SMILES string of the molecule is CSCCC(N)C(=O)O.CSCCC1NC(=O)NC1=O. The van der Waals surface area contributed by atoms with Gasteiger partial charge in [0.25, 0.3) is 5.91 Å². The van der Waals surface area contributed by atoms with Crippen molar-refractivity contribution in [3.8, 4) is 0 Å². The number of nitrogens with one attached hydrogen (secondary N) is 2. The lowest BCUT2D eigenvalue weighted by atomic mass is 10.2. The summed E-state index contributed by atoms with van der Waals surface area (Å²) in [5.74, 6) is 0.583. The van der Waals surface area contributed by atoms with Crippen molar-refractivity contribution in [2.75, 3.05) is 24.0 Å². The molecule has 0 radical (unpaired) electrons. The van der Waals surface area contributed by atoms with Crippen LogP contribution in [0.4, 0.5) is 4.79 Å². The first-order chi connectivity index (χ1) is 9.42. The minimum atomic E-state index is -0.913. The van der Waals surface area contributed by atoms with Crippen molar-refractivity contribution in [1.82, 2.24) is 10.6 Å². The molecule has 9 heteroatoms. The van der Waals surface area contributed by atoms with E-state index < -0.39 is 12.0 Å². The van der Waals surface area contributed by atoms with Crippen molar-refractivity contribution in [3.63, 3.8) is 0 Å². The molecule has 0 aromatic rings. The Hall–Kier alpha value is -0.930. The third kappa shape index (κ3) is 8.28. The largest absolute Gasteiger partial charge is 0.480 e. The average molecular weight is 323 g/mol. The fourth-order valence-electron chi connectivity index (χ4n) is 1.27. The van der Waals surface area contributed by atoms with Crippen LogP contribution in [-0.4, -0.2) is 59.1 Å². The number of aliphatic carboxylic acids is 1. The van der Waals surface area contributed by atoms with Crippen LogP contribution in [0.15, 0.2) is 0 Å². The van der Waals surface area contributed by atoms with Crippen LogP contribution in [0.1, 0.15) is 12.8 Å². The van der Waals surface area contributed by atoms with Crippen LogP contribution in [-0.2, 0) is 9.59 Å². The van der Waals surface area contributed by atoms with E-state index in [1.165, 1.54) is 0 Å². The predicted molar refractivity (Wildman–Crippen MR) is 82.1 cm³/mol. The van der Waals surface area contributed by atoms with Crippen molar-refractivity contribution in [2.45, 2.75) is 24.9 Å². The number of carbonyl (C=O) groups is 3. The molecular formula is C11H21N3O4S2. The summed E-state index contributed by atoms with van der Waals surface area (Å²) >= 11 is 3.26. The van der Waals surface area contributed by atoms with Gasteiger partial charge in [-0.2, -0.15) is 23.5 Å². The summed E-state index contributed by atoms with van der Waals surface area (Å²) in [5.41, 5.74) is 5.19. The van der Waals surface area contributed by atoms with Crippen LogP contribution < -0.4 is 16.4 Å². The van der Waals surface area contributed by atoms with Crippen LogP contribution in [0.5, 0.6) is 0 Å². The van der Waals surface area contributed by atoms with Crippen molar-refractivity contribution < 1.29 is 19.5 Å². The number of hydrogen-bond acceptors (Lipinski definition) is 6. The first-order valence-corrected chi connectivity index (χ1v) is 8.78. The third-order valence-electron chi connectivity index (χ3n) is 2.42. The maximum atomic E-state index is 10.9. The first-order valence-electron chi connectivity index (χ1n) is 6.00. The van der Waals surface area contributed by atoms with Crippen LogP contribution in [0.3, 0.4) is 0 Å². The van der Waals surface area contributed by atoms with E-state index >= 15 is 0 Å². The molecule has 2 unspecified atom stereocenters. The number of imide groups is 1. The number of urea groups is 1. The van der Waals surface area contributed by atoms with E-state index in [0.29, 0.717) is 12.8 Å². The molecule has 5 N–H and O–H groups in total. The van der Waals surface area contributed by atoms with Crippen LogP contribution in [0.2, 0.25) is 0 Å². The zero-order valence-electron chi connectivity index (χ0n) is 11.5. The highest BCUT2D eigenvalue weighted by Crippen LogP contribution is 2.03. The van der Waals surface area contributed by atoms with Gasteiger partial charge in [-0.1, -0.05) is 0 Å². The zero-order valence-corrected chi connectivity index (χ0v) is 13.2. The second kappa shape index (κ2) is 10.8. The fraction of sp³-hybridized carbons (Fsp3) is 0.727. The highest BCUT2D eigenvalue weighted by Gasteiger charge is 2.28. The summed E-state index contributed by atoms with van der Waals surface area (Å²) in [5, 5.41) is 13.0. The van der Waals surface area contributed by atoms with Crippen LogP contribution in [0, 0.1) is 0 Å². The van der Waals surface area contributed by atoms with E-state index in [2.05, 4.69) is 10.6 Å². The molecule has 0 aromatic heterocycles. The summed E-state index contributed by atoms with van der Waals surface area (Å²) in [6.07, 6.45) is 5.15. The second-order valence-electron chi connectivity index (χ2n) is 4.02. The van der Waals surface area contributed by atoms with Crippen molar-refractivity contribution in [2.24, 2.45) is 5.73 Å². The monoisotopic (exact) mass is 323 g/mol. The molecule has 0 aromatic carbocycles. The number of thioether (sulfide) groups is 2. The lowest BCUT2D eigenvalue weighted by molar-refractivity contribution is -0.138. The molecule has 2 atom stereocenters. The standard InChI is InChI=1S/C6H10N2O2S.C5H11NO2S/c1-11-3-2-4-5(9)8-6(10)7-4;1-9-3-2-4(6)5(7)8/h4H,2-3H2,1H3,(H2,7,8,9,10);4H,2-3,6H2,1H3,(H,7,8). The Morgan fingerprint density at radius 2 is 1.95 bits per heavy atom. The van der Waals surface area contributed by atoms with Gasteiger partial charge in [-0.15, -0.1) is 0 Å². The Morgan fingerprint density at radius 3 is 2.35 bits per heavy atom. The molecule has 1 heterocycles. The normalized spacial score (nSPS) is 18.6. The fourth-order valence-corrected chi connectivity index (χ4v) is 2.23. The van der Waals surface area contributed by atoms with E-state index in [1.807, 2.05) is 12.5 Å². The number of carboxylic acid groups (broad SMARTS) is 1. The van der Waals surface area contributed by atoms with Gasteiger partial charge in [0.05, 0.1) is 0 Å². The summed E-state index contributed by atoms with van der Waals surface area (Å²) in [4.78, 5) is 31.5. The van der Waals surface area contributed by atoms with E-state index in [0.717, 1.165) is 11.5 Å². The van der Waals surface area contributed by atoms with Crippen molar-refractivity contribution in [1.29, 1.82) is 0 Å². The topological polar surface area (TPSA) is 122 Å². The van der Waals surface area contributed by atoms with Gasteiger partial charge < -0.3 is 16.2 Å². The second-order valence-corrected chi connectivity index (χ2v) is 5.99. The molecule has 0 bridgehead atoms. The molecule has 1 aliphatic heterocycles. The molecule has 116 valence electrons. The minimum absolute atomic E-state index is 0.205. The van der Waals surface area contributed by atoms with E-state index in [1.54, 1.807) is 23.5 Å². The zero-order chi connectivity index (χ0) is 15.5. The van der Waals surface area contributed by atoms with Gasteiger partial charge >= 0.3 is 12.0 Å². The summed E-state index contributed by atoms with van der Waals surface area (Å²) in [6.45, 7) is 0. The van der Waals surface area contributed by atoms with Crippen LogP contribution in [0.25, 0.3) is 0 Å². The molecule has 0 aliphatic carbocycles. The Morgan fingerprint density at radius 1 is 1.35 bits per heavy atom. The number of carbonyl (C=O) groups excluding carboxylic acids is 2. The van der Waals surface area contributed by atoms with Gasteiger partial charge in [-0.3, -0.25) is 14.9 Å². The molecule has 1 saturated heterocycles. The van der Waals surface area contributed by atoms with E-state index in [4.69, 9.17) is 10.8 Å². The smallest absolute Gasteiger partial charge is 0.322 e. The predicted octanol–water partition coefficient (Wildman–Crippen LogP) is 0.0989. The Bertz CT molecular complexity index is 342. The van der Waals surface area contributed by atoms with Gasteiger partial charge in [0.2, 0.25) is 0 Å². The molecule has 0 spiro atoms. The highest BCUT2D eigenvalue weighted by molar-refractivity contribution is 7.98. The number of hydrogen-bond donors (Lipinski definition) is 4. The number of nitrogens with two attached hydrogens (primary N) is 1. The maximum Gasteiger partial charge on any atom is 0.322 e. The highest BCUT2D eigenvalue weighted by atomic mass is 32.2. The summed E-state index contributed by atoms with van der Waals surface area (Å²) in [7, 11) is 0. The molecule has 0 saturated carbocycles. The van der Waals surface area contributed by atoms with Gasteiger partial charge in [0, 0.05) is 0 Å². The molecule has 7 nitrogen and oxygen atoms in total. The Balaban J connectivity index is 0.000000370. The maximum absolute atomic E-state index is 10.9. The van der Waals surface area contributed by atoms with Gasteiger partial charge in [0.15, 0.2) is 0 Å². The Labute approximate surface area is 126 Å². The molecule has 1 aliphatic rings. The summed E-state index contributed by atoms with van der Waals surface area (Å²) in [6, 6.07) is -1.37. The number of amides is 3. The molecule has 1 fully saturated rings. The van der Waals surface area contributed by atoms with Crippen LogP contribution >= 0.6 is 23.5 Å². The average Bonchev–Trinajstić information content (AvgIpc) is 2.72. The third-order valence-corrected chi connectivity index (χ3v) is 3.71. The van der Waals surface area contributed by atoms with E-state index in [-0.39, 0.29) is 18.0 Å². The number of carboxylic acids is 1. The van der Waals surface area contributed by atoms with Crippen molar-refractivity contribution >= 4 is 41.4 Å². The lowest BCUT2D eigenvalue weighted by Gasteiger charge is -2.03. The molecular weight excluding hydrogens is 302 g/mol. The molecule has 3 amide bonds. The van der Waals surface area contributed by atoms with E-state index in [9.17, 15) is 14.4 Å². The quantitative estimate of drug-likeness (QED) is 0.490. The molecule has 1 rings (SSSR count). The summed E-state index contributed by atoms with van der Waals surface area (Å²) < 4.78 is 0. The molecule has 20 heavy (non-hydrogen) atoms.